The third kappa shape index (κ3) is 6.24. The van der Waals surface area contributed by atoms with E-state index in [2.05, 4.69) is 22.0 Å². The van der Waals surface area contributed by atoms with Crippen molar-refractivity contribution in [1.82, 2.24) is 15.1 Å². The first-order valence-corrected chi connectivity index (χ1v) is 10.1. The van der Waals surface area contributed by atoms with Gasteiger partial charge in [0.25, 0.3) is 0 Å². The number of hydrogen-bond acceptors (Lipinski definition) is 3. The van der Waals surface area contributed by atoms with Crippen molar-refractivity contribution in [2.75, 3.05) is 59.0 Å². The summed E-state index contributed by atoms with van der Waals surface area (Å²) in [5.41, 5.74) is 0.405. The van der Waals surface area contributed by atoms with E-state index in [1.165, 1.54) is 64.6 Å². The lowest BCUT2D eigenvalue weighted by molar-refractivity contribution is 0.156. The van der Waals surface area contributed by atoms with Gasteiger partial charge in [0.2, 0.25) is 0 Å². The zero-order chi connectivity index (χ0) is 16.7. The van der Waals surface area contributed by atoms with Crippen LogP contribution in [0.3, 0.4) is 0 Å². The van der Waals surface area contributed by atoms with E-state index in [4.69, 9.17) is 9.73 Å². The molecule has 0 radical (unpaired) electrons. The molecule has 0 aliphatic carbocycles. The first kappa shape index (κ1) is 21.2. The standard InChI is InChI=1S/C19H36N4O.HI/c1-2-20-18(23-14-8-19(16-23)9-15-24-17-19)21-10-7-13-22-11-5-3-4-6-12-22;/h2-17H2,1H3,(H,20,21);1H. The highest BCUT2D eigenvalue weighted by Crippen LogP contribution is 2.38. The van der Waals surface area contributed by atoms with Crippen LogP contribution in [0.4, 0.5) is 0 Å². The van der Waals surface area contributed by atoms with Crippen LogP contribution in [0, 0.1) is 5.41 Å². The molecule has 146 valence electrons. The average Bonchev–Trinajstić information content (AvgIpc) is 3.14. The number of rotatable bonds is 5. The summed E-state index contributed by atoms with van der Waals surface area (Å²) in [6.45, 7) is 12.0. The number of nitrogens with one attached hydrogen (secondary N) is 1. The van der Waals surface area contributed by atoms with E-state index >= 15 is 0 Å². The molecule has 0 aromatic carbocycles. The van der Waals surface area contributed by atoms with E-state index < -0.39 is 0 Å². The maximum atomic E-state index is 5.65. The summed E-state index contributed by atoms with van der Waals surface area (Å²) in [6, 6.07) is 0. The van der Waals surface area contributed by atoms with Crippen molar-refractivity contribution in [1.29, 1.82) is 0 Å². The number of guanidine groups is 1. The number of nitrogens with zero attached hydrogens (tertiary/aromatic N) is 3. The second kappa shape index (κ2) is 10.9. The lowest BCUT2D eigenvalue weighted by atomic mass is 9.87. The molecule has 1 spiro atoms. The van der Waals surface area contributed by atoms with Crippen molar-refractivity contribution in [3.63, 3.8) is 0 Å². The minimum absolute atomic E-state index is 0. The number of halogens is 1. The molecule has 1 unspecified atom stereocenters. The maximum Gasteiger partial charge on any atom is 0.193 e. The van der Waals surface area contributed by atoms with Crippen LogP contribution in [0.2, 0.25) is 0 Å². The van der Waals surface area contributed by atoms with Crippen molar-refractivity contribution in [3.05, 3.63) is 0 Å². The summed E-state index contributed by atoms with van der Waals surface area (Å²) >= 11 is 0. The highest BCUT2D eigenvalue weighted by atomic mass is 127. The zero-order valence-corrected chi connectivity index (χ0v) is 18.3. The molecular formula is C19H37IN4O. The lowest BCUT2D eigenvalue weighted by Crippen LogP contribution is -2.41. The summed E-state index contributed by atoms with van der Waals surface area (Å²) in [4.78, 5) is 10.0. The van der Waals surface area contributed by atoms with Crippen LogP contribution in [-0.4, -0.2) is 74.8 Å². The Kier molecular flexibility index (Phi) is 9.27. The molecule has 1 N–H and O–H groups in total. The summed E-state index contributed by atoms with van der Waals surface area (Å²) < 4.78 is 5.65. The van der Waals surface area contributed by atoms with E-state index in [9.17, 15) is 0 Å². The van der Waals surface area contributed by atoms with E-state index in [0.29, 0.717) is 5.41 Å². The summed E-state index contributed by atoms with van der Waals surface area (Å²) in [5.74, 6) is 1.12. The monoisotopic (exact) mass is 464 g/mol. The van der Waals surface area contributed by atoms with Gasteiger partial charge in [-0.1, -0.05) is 12.8 Å². The zero-order valence-electron chi connectivity index (χ0n) is 16.0. The maximum absolute atomic E-state index is 5.65. The Morgan fingerprint density at radius 1 is 1.12 bits per heavy atom. The van der Waals surface area contributed by atoms with Crippen LogP contribution >= 0.6 is 24.0 Å². The SMILES string of the molecule is CCNC(=NCCCN1CCCCCC1)N1CCC2(CCOC2)C1.I. The van der Waals surface area contributed by atoms with E-state index in [1.54, 1.807) is 0 Å². The molecule has 5 nitrogen and oxygen atoms in total. The van der Waals surface area contributed by atoms with Crippen molar-refractivity contribution in [2.24, 2.45) is 10.4 Å². The molecule has 25 heavy (non-hydrogen) atoms. The van der Waals surface area contributed by atoms with Crippen molar-refractivity contribution in [3.8, 4) is 0 Å². The molecule has 1 atom stereocenters. The second-order valence-electron chi connectivity index (χ2n) is 7.82. The molecule has 0 aromatic heterocycles. The van der Waals surface area contributed by atoms with Crippen LogP contribution in [0.25, 0.3) is 0 Å². The molecule has 0 amide bonds. The van der Waals surface area contributed by atoms with Crippen LogP contribution < -0.4 is 5.32 Å². The Hall–Kier alpha value is -0.0800. The third-order valence-electron chi connectivity index (χ3n) is 5.85. The lowest BCUT2D eigenvalue weighted by Gasteiger charge is -2.25. The Morgan fingerprint density at radius 3 is 2.60 bits per heavy atom. The van der Waals surface area contributed by atoms with Crippen molar-refractivity contribution < 1.29 is 4.74 Å². The molecule has 3 aliphatic rings. The molecule has 3 aliphatic heterocycles. The molecule has 0 bridgehead atoms. The van der Waals surface area contributed by atoms with Gasteiger partial charge in [-0.2, -0.15) is 0 Å². The van der Waals surface area contributed by atoms with Gasteiger partial charge >= 0.3 is 0 Å². The first-order chi connectivity index (χ1) is 11.8. The van der Waals surface area contributed by atoms with Crippen molar-refractivity contribution in [2.45, 2.75) is 51.9 Å². The van der Waals surface area contributed by atoms with Gasteiger partial charge < -0.3 is 19.9 Å². The largest absolute Gasteiger partial charge is 0.381 e. The average molecular weight is 464 g/mol. The highest BCUT2D eigenvalue weighted by Gasteiger charge is 2.42. The second-order valence-corrected chi connectivity index (χ2v) is 7.82. The van der Waals surface area contributed by atoms with Gasteiger partial charge in [-0.15, -0.1) is 24.0 Å². The number of ether oxygens (including phenoxy) is 1. The van der Waals surface area contributed by atoms with Crippen LogP contribution in [0.5, 0.6) is 0 Å². The Balaban J connectivity index is 0.00000225. The fraction of sp³-hybridized carbons (Fsp3) is 0.947. The summed E-state index contributed by atoms with van der Waals surface area (Å²) in [7, 11) is 0. The minimum atomic E-state index is 0. The molecule has 3 heterocycles. The molecule has 3 fully saturated rings. The molecule has 6 heteroatoms. The smallest absolute Gasteiger partial charge is 0.193 e. The number of hydrogen-bond donors (Lipinski definition) is 1. The van der Waals surface area contributed by atoms with E-state index in [0.717, 1.165) is 45.4 Å². The number of aliphatic imine (C=N–C) groups is 1. The molecular weight excluding hydrogens is 427 g/mol. The molecule has 0 saturated carbocycles. The van der Waals surface area contributed by atoms with E-state index in [1.807, 2.05) is 0 Å². The highest BCUT2D eigenvalue weighted by molar-refractivity contribution is 14.0. The van der Waals surface area contributed by atoms with Gasteiger partial charge in [-0.05, 0) is 58.7 Å². The quantitative estimate of drug-likeness (QED) is 0.294. The Labute approximate surface area is 171 Å². The number of likely N-dealkylation sites (tertiary alicyclic amines) is 2. The van der Waals surface area contributed by atoms with Crippen molar-refractivity contribution >= 4 is 29.9 Å². The van der Waals surface area contributed by atoms with Gasteiger partial charge in [0, 0.05) is 38.2 Å². The topological polar surface area (TPSA) is 40.1 Å². The first-order valence-electron chi connectivity index (χ1n) is 10.1. The van der Waals surface area contributed by atoms with Gasteiger partial charge in [0.05, 0.1) is 6.61 Å². The third-order valence-corrected chi connectivity index (χ3v) is 5.85. The normalized spacial score (nSPS) is 28.2. The Morgan fingerprint density at radius 2 is 1.92 bits per heavy atom. The molecule has 3 rings (SSSR count). The van der Waals surface area contributed by atoms with Gasteiger partial charge in [0.1, 0.15) is 0 Å². The summed E-state index contributed by atoms with van der Waals surface area (Å²) in [6.07, 6.45) is 9.24. The van der Waals surface area contributed by atoms with Gasteiger partial charge in [-0.3, -0.25) is 4.99 Å². The van der Waals surface area contributed by atoms with E-state index in [-0.39, 0.29) is 24.0 Å². The minimum Gasteiger partial charge on any atom is -0.381 e. The van der Waals surface area contributed by atoms with Gasteiger partial charge in [-0.25, -0.2) is 0 Å². The van der Waals surface area contributed by atoms with Crippen LogP contribution in [0.15, 0.2) is 4.99 Å². The molecule has 3 saturated heterocycles. The fourth-order valence-corrected chi connectivity index (χ4v) is 4.35. The summed E-state index contributed by atoms with van der Waals surface area (Å²) in [5, 5.41) is 3.50. The predicted molar refractivity (Wildman–Crippen MR) is 115 cm³/mol. The van der Waals surface area contributed by atoms with Crippen LogP contribution in [-0.2, 0) is 4.74 Å². The predicted octanol–water partition coefficient (Wildman–Crippen LogP) is 2.95. The fourth-order valence-electron chi connectivity index (χ4n) is 4.35. The van der Waals surface area contributed by atoms with Gasteiger partial charge in [0.15, 0.2) is 5.96 Å². The molecule has 0 aromatic rings. The van der Waals surface area contributed by atoms with Crippen LogP contribution in [0.1, 0.15) is 51.9 Å². The Bertz CT molecular complexity index is 404.